The first-order chi connectivity index (χ1) is 11.2. The van der Waals surface area contributed by atoms with Gasteiger partial charge in [-0.15, -0.1) is 0 Å². The lowest BCUT2D eigenvalue weighted by molar-refractivity contribution is 0.00708. The van der Waals surface area contributed by atoms with Crippen LogP contribution in [0.15, 0.2) is 18.2 Å². The van der Waals surface area contributed by atoms with Gasteiger partial charge in [0, 0.05) is 31.9 Å². The summed E-state index contributed by atoms with van der Waals surface area (Å²) in [5.74, 6) is -0.397. The van der Waals surface area contributed by atoms with Crippen molar-refractivity contribution in [2.24, 2.45) is 5.73 Å². The van der Waals surface area contributed by atoms with Crippen LogP contribution >= 0.6 is 12.2 Å². The number of carbonyl (C=O) groups excluding carboxylic acids is 1. The average molecular weight is 350 g/mol. The number of rotatable bonds is 3. The minimum Gasteiger partial charge on any atom is -0.456 e. The lowest BCUT2D eigenvalue weighted by atomic mass is 10.1. The van der Waals surface area contributed by atoms with E-state index >= 15 is 0 Å². The summed E-state index contributed by atoms with van der Waals surface area (Å²) >= 11 is 4.94. The van der Waals surface area contributed by atoms with Gasteiger partial charge in [0.15, 0.2) is 5.11 Å². The van der Waals surface area contributed by atoms with Gasteiger partial charge in [0.25, 0.3) is 0 Å². The smallest absolute Gasteiger partial charge is 0.340 e. The van der Waals surface area contributed by atoms with Crippen LogP contribution in [0, 0.1) is 0 Å². The molecule has 1 aromatic rings. The summed E-state index contributed by atoms with van der Waals surface area (Å²) in [4.78, 5) is 17.0. The first-order valence-corrected chi connectivity index (χ1v) is 8.44. The summed E-state index contributed by atoms with van der Waals surface area (Å²) in [7, 11) is 2.11. The molecule has 1 aromatic carbocycles. The number of hydrogen-bond donors (Lipinski definition) is 2. The molecule has 0 aliphatic carbocycles. The third kappa shape index (κ3) is 5.07. The number of ether oxygens (including phenoxy) is 1. The molecule has 1 saturated heterocycles. The minimum atomic E-state index is -0.562. The maximum absolute atomic E-state index is 12.4. The summed E-state index contributed by atoms with van der Waals surface area (Å²) in [6, 6.07) is 5.61. The number of hydrogen-bond acceptors (Lipinski definition) is 5. The molecule has 0 spiro atoms. The van der Waals surface area contributed by atoms with Crippen LogP contribution in [0.3, 0.4) is 0 Å². The highest BCUT2D eigenvalue weighted by molar-refractivity contribution is 7.80. The van der Waals surface area contributed by atoms with Crippen molar-refractivity contribution in [3.05, 3.63) is 23.8 Å². The molecule has 132 valence electrons. The molecule has 0 unspecified atom stereocenters. The number of carbonyl (C=O) groups is 1. The van der Waals surface area contributed by atoms with Gasteiger partial charge in [0.05, 0.1) is 11.3 Å². The number of thiocarbonyl (C=S) groups is 1. The molecular formula is C17H26N4O2S. The van der Waals surface area contributed by atoms with Gasteiger partial charge in [-0.1, -0.05) is 0 Å². The fourth-order valence-electron chi connectivity index (χ4n) is 2.54. The van der Waals surface area contributed by atoms with E-state index in [4.69, 9.17) is 22.7 Å². The first kappa shape index (κ1) is 18.5. The van der Waals surface area contributed by atoms with Crippen molar-refractivity contribution < 1.29 is 9.53 Å². The lowest BCUT2D eigenvalue weighted by Crippen LogP contribution is -2.44. The normalized spacial score (nSPS) is 15.9. The predicted octanol–water partition coefficient (Wildman–Crippen LogP) is 2.05. The molecule has 7 heteroatoms. The number of nitrogens with one attached hydrogen (secondary N) is 1. The number of anilines is 2. The standard InChI is InChI=1S/C17H26N4O2S/c1-17(2,3)23-15(22)13-6-5-12(11-14(13)19-16(18)24)21-9-7-20(4)8-10-21/h5-6,11H,7-10H2,1-4H3,(H3,18,19,24). The fourth-order valence-corrected chi connectivity index (χ4v) is 2.65. The van der Waals surface area contributed by atoms with Crippen molar-refractivity contribution in [2.45, 2.75) is 26.4 Å². The number of likely N-dealkylation sites (N-methyl/N-ethyl adjacent to an activating group) is 1. The summed E-state index contributed by atoms with van der Waals surface area (Å²) in [5, 5.41) is 3.02. The Morgan fingerprint density at radius 2 is 1.88 bits per heavy atom. The van der Waals surface area contributed by atoms with Crippen LogP contribution in [-0.4, -0.2) is 54.8 Å². The predicted molar refractivity (Wildman–Crippen MR) is 102 cm³/mol. The summed E-state index contributed by atoms with van der Waals surface area (Å²) in [5.41, 5.74) is 7.09. The zero-order chi connectivity index (χ0) is 17.9. The number of nitrogens with two attached hydrogens (primary N) is 1. The topological polar surface area (TPSA) is 70.8 Å². The molecule has 2 rings (SSSR count). The van der Waals surface area contributed by atoms with Gasteiger partial charge in [-0.2, -0.15) is 0 Å². The Bertz CT molecular complexity index is 620. The van der Waals surface area contributed by atoms with Crippen molar-refractivity contribution in [3.8, 4) is 0 Å². The summed E-state index contributed by atoms with van der Waals surface area (Å²) < 4.78 is 5.46. The monoisotopic (exact) mass is 350 g/mol. The number of benzene rings is 1. The van der Waals surface area contributed by atoms with E-state index in [-0.39, 0.29) is 5.11 Å². The lowest BCUT2D eigenvalue weighted by Gasteiger charge is -2.34. The van der Waals surface area contributed by atoms with Crippen molar-refractivity contribution >= 4 is 34.7 Å². The van der Waals surface area contributed by atoms with Crippen LogP contribution in [0.5, 0.6) is 0 Å². The van der Waals surface area contributed by atoms with E-state index < -0.39 is 11.6 Å². The Hall–Kier alpha value is -1.86. The van der Waals surface area contributed by atoms with Crippen LogP contribution in [0.2, 0.25) is 0 Å². The average Bonchev–Trinajstić information content (AvgIpc) is 2.45. The molecule has 1 aliphatic rings. The maximum atomic E-state index is 12.4. The van der Waals surface area contributed by atoms with Crippen LogP contribution in [0.1, 0.15) is 31.1 Å². The van der Waals surface area contributed by atoms with Gasteiger partial charge in [0.1, 0.15) is 5.60 Å². The number of esters is 1. The molecule has 0 amide bonds. The Morgan fingerprint density at radius 1 is 1.25 bits per heavy atom. The zero-order valence-corrected chi connectivity index (χ0v) is 15.6. The van der Waals surface area contributed by atoms with Crippen LogP contribution in [0.4, 0.5) is 11.4 Å². The summed E-state index contributed by atoms with van der Waals surface area (Å²) in [6.45, 7) is 9.40. The number of nitrogens with zero attached hydrogens (tertiary/aromatic N) is 2. The van der Waals surface area contributed by atoms with Crippen molar-refractivity contribution in [1.29, 1.82) is 0 Å². The fraction of sp³-hybridized carbons (Fsp3) is 0.529. The Kier molecular flexibility index (Phi) is 5.66. The molecule has 0 saturated carbocycles. The van der Waals surface area contributed by atoms with E-state index in [1.54, 1.807) is 6.07 Å². The zero-order valence-electron chi connectivity index (χ0n) is 14.8. The van der Waals surface area contributed by atoms with E-state index in [1.807, 2.05) is 32.9 Å². The van der Waals surface area contributed by atoms with Crippen LogP contribution < -0.4 is 16.0 Å². The Balaban J connectivity index is 2.28. The van der Waals surface area contributed by atoms with Crippen molar-refractivity contribution in [1.82, 2.24) is 4.90 Å². The van der Waals surface area contributed by atoms with Gasteiger partial charge in [0.2, 0.25) is 0 Å². The third-order valence-electron chi connectivity index (χ3n) is 3.75. The maximum Gasteiger partial charge on any atom is 0.340 e. The van der Waals surface area contributed by atoms with E-state index in [9.17, 15) is 4.79 Å². The largest absolute Gasteiger partial charge is 0.456 e. The molecule has 0 bridgehead atoms. The minimum absolute atomic E-state index is 0.121. The highest BCUT2D eigenvalue weighted by Crippen LogP contribution is 2.26. The van der Waals surface area contributed by atoms with Gasteiger partial charge in [-0.25, -0.2) is 4.79 Å². The van der Waals surface area contributed by atoms with Crippen LogP contribution in [-0.2, 0) is 4.74 Å². The van der Waals surface area contributed by atoms with Gasteiger partial charge in [-0.3, -0.25) is 0 Å². The molecule has 6 nitrogen and oxygen atoms in total. The molecule has 24 heavy (non-hydrogen) atoms. The molecular weight excluding hydrogens is 324 g/mol. The third-order valence-corrected chi connectivity index (χ3v) is 3.85. The van der Waals surface area contributed by atoms with Crippen molar-refractivity contribution in [2.75, 3.05) is 43.4 Å². The molecule has 0 aromatic heterocycles. The molecule has 1 heterocycles. The molecule has 1 aliphatic heterocycles. The second-order valence-electron chi connectivity index (χ2n) is 7.01. The second-order valence-corrected chi connectivity index (χ2v) is 7.45. The number of piperazine rings is 1. The SMILES string of the molecule is CN1CCN(c2ccc(C(=O)OC(C)(C)C)c(NC(N)=S)c2)CC1. The highest BCUT2D eigenvalue weighted by Gasteiger charge is 2.22. The molecule has 0 atom stereocenters. The summed E-state index contributed by atoms with van der Waals surface area (Å²) in [6.07, 6.45) is 0. The molecule has 0 radical (unpaired) electrons. The van der Waals surface area contributed by atoms with Crippen molar-refractivity contribution in [3.63, 3.8) is 0 Å². The van der Waals surface area contributed by atoms with Gasteiger partial charge in [-0.05, 0) is 58.2 Å². The quantitative estimate of drug-likeness (QED) is 0.638. The molecule has 3 N–H and O–H groups in total. The molecule has 1 fully saturated rings. The Labute approximate surface area is 148 Å². The van der Waals surface area contributed by atoms with Gasteiger partial charge >= 0.3 is 5.97 Å². The van der Waals surface area contributed by atoms with E-state index in [0.29, 0.717) is 11.3 Å². The van der Waals surface area contributed by atoms with Crippen LogP contribution in [0.25, 0.3) is 0 Å². The highest BCUT2D eigenvalue weighted by atomic mass is 32.1. The second kappa shape index (κ2) is 7.36. The van der Waals surface area contributed by atoms with E-state index in [2.05, 4.69) is 22.2 Å². The Morgan fingerprint density at radius 3 is 2.42 bits per heavy atom. The first-order valence-electron chi connectivity index (χ1n) is 8.03. The van der Waals surface area contributed by atoms with E-state index in [1.165, 1.54) is 0 Å². The van der Waals surface area contributed by atoms with Gasteiger partial charge < -0.3 is 25.6 Å². The van der Waals surface area contributed by atoms with E-state index in [0.717, 1.165) is 31.9 Å².